The lowest BCUT2D eigenvalue weighted by Gasteiger charge is -2.32. The first-order valence-electron chi connectivity index (χ1n) is 12.3. The van der Waals surface area contributed by atoms with Crippen molar-refractivity contribution in [1.82, 2.24) is 10.2 Å². The molecule has 2 unspecified atom stereocenters. The SMILES string of the molecule is CCC(C)NC(=O)C(C)N(Cc1ccccc1F)C(=O)CN(c1ccc(Cl)c(Cl)c1)S(=O)(=O)c1ccccc1. The van der Waals surface area contributed by atoms with Crippen molar-refractivity contribution in [3.05, 3.63) is 94.2 Å². The van der Waals surface area contributed by atoms with Gasteiger partial charge >= 0.3 is 0 Å². The number of rotatable bonds is 11. The van der Waals surface area contributed by atoms with Crippen LogP contribution in [0.1, 0.15) is 32.8 Å². The van der Waals surface area contributed by atoms with Crippen LogP contribution in [-0.2, 0) is 26.2 Å². The number of sulfonamides is 1. The summed E-state index contributed by atoms with van der Waals surface area (Å²) in [4.78, 5) is 28.0. The molecule has 0 saturated carbocycles. The van der Waals surface area contributed by atoms with Gasteiger partial charge in [-0.25, -0.2) is 12.8 Å². The number of carbonyl (C=O) groups excluding carboxylic acids is 2. The van der Waals surface area contributed by atoms with Gasteiger partial charge in [0.1, 0.15) is 18.4 Å². The van der Waals surface area contributed by atoms with Crippen molar-refractivity contribution in [3.8, 4) is 0 Å². The minimum absolute atomic E-state index is 0.0490. The summed E-state index contributed by atoms with van der Waals surface area (Å²) in [6.07, 6.45) is 0.667. The Morgan fingerprint density at radius 1 is 0.949 bits per heavy atom. The number of benzene rings is 3. The van der Waals surface area contributed by atoms with Gasteiger partial charge in [0.05, 0.1) is 20.6 Å². The number of hydrogen-bond acceptors (Lipinski definition) is 4. The number of halogens is 3. The summed E-state index contributed by atoms with van der Waals surface area (Å²) < 4.78 is 42.9. The summed E-state index contributed by atoms with van der Waals surface area (Å²) in [6.45, 7) is 4.32. The third-order valence-electron chi connectivity index (χ3n) is 6.27. The molecule has 0 aliphatic carbocycles. The Hall–Kier alpha value is -3.14. The lowest BCUT2D eigenvalue weighted by molar-refractivity contribution is -0.139. The first-order chi connectivity index (χ1) is 18.4. The van der Waals surface area contributed by atoms with E-state index in [1.807, 2.05) is 13.8 Å². The molecule has 0 heterocycles. The summed E-state index contributed by atoms with van der Waals surface area (Å²) in [5.41, 5.74) is 0.283. The van der Waals surface area contributed by atoms with Gasteiger partial charge in [0.2, 0.25) is 11.8 Å². The lowest BCUT2D eigenvalue weighted by Crippen LogP contribution is -2.52. The van der Waals surface area contributed by atoms with Gasteiger partial charge in [0.15, 0.2) is 0 Å². The first-order valence-corrected chi connectivity index (χ1v) is 14.5. The van der Waals surface area contributed by atoms with Crippen LogP contribution >= 0.6 is 23.2 Å². The van der Waals surface area contributed by atoms with Crippen LogP contribution in [0.3, 0.4) is 0 Å². The molecule has 3 aromatic carbocycles. The molecule has 7 nitrogen and oxygen atoms in total. The zero-order chi connectivity index (χ0) is 28.7. The maximum Gasteiger partial charge on any atom is 0.264 e. The normalized spacial score (nSPS) is 12.9. The van der Waals surface area contributed by atoms with E-state index < -0.39 is 40.2 Å². The number of carbonyl (C=O) groups is 2. The topological polar surface area (TPSA) is 86.8 Å². The zero-order valence-corrected chi connectivity index (χ0v) is 24.1. The predicted octanol–water partition coefficient (Wildman–Crippen LogP) is 5.66. The molecule has 2 atom stereocenters. The van der Waals surface area contributed by atoms with Gasteiger partial charge in [-0.1, -0.05) is 66.5 Å². The molecule has 0 aliphatic heterocycles. The molecule has 3 aromatic rings. The quantitative estimate of drug-likeness (QED) is 0.311. The minimum atomic E-state index is -4.25. The average Bonchev–Trinajstić information content (AvgIpc) is 2.92. The molecule has 11 heteroatoms. The van der Waals surface area contributed by atoms with Gasteiger partial charge in [0.25, 0.3) is 10.0 Å². The van der Waals surface area contributed by atoms with Crippen molar-refractivity contribution in [2.24, 2.45) is 0 Å². The van der Waals surface area contributed by atoms with Gasteiger partial charge in [0, 0.05) is 18.2 Å². The summed E-state index contributed by atoms with van der Waals surface area (Å²) in [5, 5.41) is 3.13. The Labute approximate surface area is 238 Å². The number of hydrogen-bond donors (Lipinski definition) is 1. The molecule has 208 valence electrons. The molecule has 2 amide bonds. The van der Waals surface area contributed by atoms with E-state index in [2.05, 4.69) is 5.32 Å². The second-order valence-electron chi connectivity index (χ2n) is 9.03. The van der Waals surface area contributed by atoms with Crippen LogP contribution in [0.4, 0.5) is 10.1 Å². The first kappa shape index (κ1) is 30.4. The monoisotopic (exact) mass is 593 g/mol. The van der Waals surface area contributed by atoms with Crippen LogP contribution in [0.2, 0.25) is 10.0 Å². The molecular formula is C28H30Cl2FN3O4S. The zero-order valence-electron chi connectivity index (χ0n) is 21.8. The largest absolute Gasteiger partial charge is 0.352 e. The highest BCUT2D eigenvalue weighted by molar-refractivity contribution is 7.92. The molecule has 1 N–H and O–H groups in total. The highest BCUT2D eigenvalue weighted by atomic mass is 35.5. The van der Waals surface area contributed by atoms with Crippen LogP contribution in [0.15, 0.2) is 77.7 Å². The minimum Gasteiger partial charge on any atom is -0.352 e. The van der Waals surface area contributed by atoms with E-state index in [0.29, 0.717) is 6.42 Å². The van der Waals surface area contributed by atoms with E-state index in [4.69, 9.17) is 23.2 Å². The van der Waals surface area contributed by atoms with Crippen LogP contribution < -0.4 is 9.62 Å². The molecular weight excluding hydrogens is 564 g/mol. The highest BCUT2D eigenvalue weighted by Crippen LogP contribution is 2.31. The van der Waals surface area contributed by atoms with Crippen molar-refractivity contribution in [3.63, 3.8) is 0 Å². The van der Waals surface area contributed by atoms with Crippen molar-refractivity contribution in [2.75, 3.05) is 10.8 Å². The van der Waals surface area contributed by atoms with Crippen molar-refractivity contribution < 1.29 is 22.4 Å². The Morgan fingerprint density at radius 3 is 2.21 bits per heavy atom. The highest BCUT2D eigenvalue weighted by Gasteiger charge is 2.33. The summed E-state index contributed by atoms with van der Waals surface area (Å²) in [6, 6.07) is 16.5. The van der Waals surface area contributed by atoms with E-state index in [1.54, 1.807) is 24.3 Å². The van der Waals surface area contributed by atoms with Gasteiger partial charge in [-0.3, -0.25) is 13.9 Å². The maximum absolute atomic E-state index is 14.6. The standard InChI is InChI=1S/C28H30Cl2FN3O4S/c1-4-19(2)32-28(36)20(3)33(17-21-10-8-9-13-26(21)31)27(35)18-34(22-14-15-24(29)25(30)16-22)39(37,38)23-11-6-5-7-12-23/h5-16,19-20H,4,17-18H2,1-3H3,(H,32,36). The third kappa shape index (κ3) is 7.50. The molecule has 3 rings (SSSR count). The Kier molecular flexibility index (Phi) is 10.4. The van der Waals surface area contributed by atoms with Crippen molar-refractivity contribution >= 4 is 50.7 Å². The fourth-order valence-corrected chi connectivity index (χ4v) is 5.47. The Bertz CT molecular complexity index is 1420. The molecule has 0 bridgehead atoms. The van der Waals surface area contributed by atoms with E-state index in [-0.39, 0.29) is 38.8 Å². The molecule has 0 aromatic heterocycles. The average molecular weight is 595 g/mol. The molecule has 39 heavy (non-hydrogen) atoms. The number of nitrogens with one attached hydrogen (secondary N) is 1. The Morgan fingerprint density at radius 2 is 1.59 bits per heavy atom. The molecule has 0 spiro atoms. The molecule has 0 aliphatic rings. The van der Waals surface area contributed by atoms with E-state index in [9.17, 15) is 22.4 Å². The van der Waals surface area contributed by atoms with E-state index in [0.717, 1.165) is 4.31 Å². The number of amides is 2. The molecule has 0 fully saturated rings. The summed E-state index contributed by atoms with van der Waals surface area (Å²) in [5.74, 6) is -1.71. The summed E-state index contributed by atoms with van der Waals surface area (Å²) in [7, 11) is -4.25. The fourth-order valence-electron chi connectivity index (χ4n) is 3.75. The van der Waals surface area contributed by atoms with Crippen LogP contribution in [0.25, 0.3) is 0 Å². The third-order valence-corrected chi connectivity index (χ3v) is 8.80. The molecule has 0 saturated heterocycles. The van der Waals surface area contributed by atoms with E-state index in [1.165, 1.54) is 60.4 Å². The molecule has 0 radical (unpaired) electrons. The fraction of sp³-hybridized carbons (Fsp3) is 0.286. The van der Waals surface area contributed by atoms with Gasteiger partial charge < -0.3 is 10.2 Å². The number of anilines is 1. The maximum atomic E-state index is 14.6. The van der Waals surface area contributed by atoms with Crippen LogP contribution in [-0.4, -0.2) is 43.8 Å². The second-order valence-corrected chi connectivity index (χ2v) is 11.7. The Balaban J connectivity index is 2.05. The predicted molar refractivity (Wildman–Crippen MR) is 152 cm³/mol. The van der Waals surface area contributed by atoms with Crippen molar-refractivity contribution in [2.45, 2.75) is 50.7 Å². The summed E-state index contributed by atoms with van der Waals surface area (Å²) >= 11 is 12.2. The van der Waals surface area contributed by atoms with Crippen LogP contribution in [0.5, 0.6) is 0 Å². The smallest absolute Gasteiger partial charge is 0.264 e. The van der Waals surface area contributed by atoms with Gasteiger partial charge in [-0.2, -0.15) is 0 Å². The van der Waals surface area contributed by atoms with Gasteiger partial charge in [-0.15, -0.1) is 0 Å². The van der Waals surface area contributed by atoms with Gasteiger partial charge in [-0.05, 0) is 56.7 Å². The van der Waals surface area contributed by atoms with E-state index >= 15 is 0 Å². The number of nitrogens with zero attached hydrogens (tertiary/aromatic N) is 2. The second kappa shape index (κ2) is 13.3. The van der Waals surface area contributed by atoms with Crippen molar-refractivity contribution in [1.29, 1.82) is 0 Å². The lowest BCUT2D eigenvalue weighted by atomic mass is 10.1. The van der Waals surface area contributed by atoms with Crippen LogP contribution in [0, 0.1) is 5.82 Å².